The molecule has 0 saturated carbocycles. The van der Waals surface area contributed by atoms with E-state index in [1.807, 2.05) is 48.5 Å². The summed E-state index contributed by atoms with van der Waals surface area (Å²) in [4.78, 5) is 28.8. The van der Waals surface area contributed by atoms with Gasteiger partial charge in [-0.2, -0.15) is 0 Å². The fourth-order valence-corrected chi connectivity index (χ4v) is 8.87. The molecule has 1 amide bonds. The number of fused-ring (bicyclic) bond motifs is 2. The van der Waals surface area contributed by atoms with Crippen LogP contribution in [0.1, 0.15) is 46.3 Å². The zero-order valence-corrected chi connectivity index (χ0v) is 30.5. The average molecular weight is 755 g/mol. The van der Waals surface area contributed by atoms with Gasteiger partial charge in [0, 0.05) is 57.2 Å². The molecular formula is C39H37Cl2N7O5. The van der Waals surface area contributed by atoms with Gasteiger partial charge in [-0.3, -0.25) is 4.79 Å². The summed E-state index contributed by atoms with van der Waals surface area (Å²) in [6.45, 7) is 4.61. The van der Waals surface area contributed by atoms with Crippen LogP contribution >= 0.6 is 23.2 Å². The number of ether oxygens (including phenoxy) is 2. The van der Waals surface area contributed by atoms with Crippen molar-refractivity contribution in [2.45, 2.75) is 43.3 Å². The number of H-pyrrole nitrogens is 1. The molecule has 53 heavy (non-hydrogen) atoms. The molecule has 4 N–H and O–H groups in total. The van der Waals surface area contributed by atoms with Gasteiger partial charge in [0.25, 0.3) is 0 Å². The van der Waals surface area contributed by atoms with E-state index in [4.69, 9.17) is 32.7 Å². The standard InChI is InChI=1S/C39H37Cl2N7O5/c1-38(20-53-21-38)17-32-39(19-48(30-14-12-25(40)16-27(30)39)18-22-7-9-23(10-8-22)35-44-46-47-45-35)33(26-5-3-4-6-28(26)41)34(43-32)36(49)42-29-13-11-24(37(50)51)15-31(29)52-2/h3-16,32-34,43H,17-21H2,1-2H3,(H,42,49)(H,50,51)(H,44,45,46,47)/t32-,33-,34+,39-/m0/s1. The number of aromatic amines is 1. The van der Waals surface area contributed by atoms with Gasteiger partial charge in [0.1, 0.15) is 5.75 Å². The van der Waals surface area contributed by atoms with Crippen LogP contribution in [0.2, 0.25) is 10.0 Å². The number of amides is 1. The molecule has 3 aliphatic heterocycles. The predicted molar refractivity (Wildman–Crippen MR) is 201 cm³/mol. The van der Waals surface area contributed by atoms with Gasteiger partial charge < -0.3 is 30.1 Å². The number of carbonyl (C=O) groups excluding carboxylic acids is 1. The number of carboxylic acid groups (broad SMARTS) is 1. The van der Waals surface area contributed by atoms with Gasteiger partial charge in [0.2, 0.25) is 5.91 Å². The number of benzene rings is 4. The number of hydrogen-bond acceptors (Lipinski definition) is 9. The molecule has 14 heteroatoms. The molecule has 5 aromatic rings. The quantitative estimate of drug-likeness (QED) is 0.127. The molecule has 4 heterocycles. The molecule has 2 fully saturated rings. The van der Waals surface area contributed by atoms with Crippen molar-refractivity contribution in [1.82, 2.24) is 25.9 Å². The van der Waals surface area contributed by atoms with Crippen molar-refractivity contribution in [3.05, 3.63) is 117 Å². The Balaban J connectivity index is 1.24. The minimum atomic E-state index is -1.10. The van der Waals surface area contributed by atoms with E-state index in [1.165, 1.54) is 19.2 Å². The number of halogens is 2. The van der Waals surface area contributed by atoms with Crippen LogP contribution in [0.15, 0.2) is 84.9 Å². The van der Waals surface area contributed by atoms with E-state index in [1.54, 1.807) is 6.07 Å². The molecule has 12 nitrogen and oxygen atoms in total. The second-order valence-electron chi connectivity index (χ2n) is 14.4. The summed E-state index contributed by atoms with van der Waals surface area (Å²) in [5, 5.41) is 31.9. The minimum absolute atomic E-state index is 0.0481. The van der Waals surface area contributed by atoms with Crippen LogP contribution in [0.3, 0.4) is 0 Å². The van der Waals surface area contributed by atoms with E-state index in [0.717, 1.165) is 34.4 Å². The third-order valence-corrected chi connectivity index (χ3v) is 11.5. The number of carbonyl (C=O) groups is 2. The number of tetrazole rings is 1. The van der Waals surface area contributed by atoms with Crippen LogP contribution in [-0.2, 0) is 21.5 Å². The van der Waals surface area contributed by atoms with Gasteiger partial charge in [-0.25, -0.2) is 9.89 Å². The van der Waals surface area contributed by atoms with Gasteiger partial charge in [-0.15, -0.1) is 5.10 Å². The second kappa shape index (κ2) is 13.8. The van der Waals surface area contributed by atoms with Crippen LogP contribution in [0.25, 0.3) is 11.4 Å². The SMILES string of the molecule is COc1cc(C(=O)O)ccc1NC(=O)[C@@H]1N[C@@H](CC2(C)COC2)[C@@]2(CN(Cc3ccc(-c4nnn[nH]4)cc3)c3ccc(Cl)cc32)[C@H]1c1ccccc1Cl. The highest BCUT2D eigenvalue weighted by Crippen LogP contribution is 2.59. The van der Waals surface area contributed by atoms with Crippen LogP contribution < -0.4 is 20.3 Å². The van der Waals surface area contributed by atoms with Gasteiger partial charge in [-0.1, -0.05) is 72.6 Å². The number of carboxylic acids is 1. The van der Waals surface area contributed by atoms with E-state index in [9.17, 15) is 14.7 Å². The normalized spacial score (nSPS) is 22.7. The molecule has 0 aliphatic carbocycles. The molecule has 8 rings (SSSR count). The number of anilines is 2. The second-order valence-corrected chi connectivity index (χ2v) is 15.3. The lowest BCUT2D eigenvalue weighted by Crippen LogP contribution is -2.52. The average Bonchev–Trinajstić information content (AvgIpc) is 3.86. The predicted octanol–water partition coefficient (Wildman–Crippen LogP) is 6.33. The number of methoxy groups -OCH3 is 1. The number of nitrogens with zero attached hydrogens (tertiary/aromatic N) is 4. The fraction of sp³-hybridized carbons (Fsp3) is 0.308. The molecule has 4 aromatic carbocycles. The molecule has 0 bridgehead atoms. The molecule has 0 radical (unpaired) electrons. The van der Waals surface area contributed by atoms with E-state index in [0.29, 0.717) is 47.9 Å². The molecular weight excluding hydrogens is 717 g/mol. The largest absolute Gasteiger partial charge is 0.495 e. The Morgan fingerprint density at radius 3 is 2.53 bits per heavy atom. The van der Waals surface area contributed by atoms with Crippen molar-refractivity contribution < 1.29 is 24.2 Å². The minimum Gasteiger partial charge on any atom is -0.495 e. The Morgan fingerprint density at radius 1 is 1.06 bits per heavy atom. The van der Waals surface area contributed by atoms with E-state index in [2.05, 4.69) is 61.3 Å². The molecule has 0 unspecified atom stereocenters. The highest BCUT2D eigenvalue weighted by molar-refractivity contribution is 6.31. The molecule has 1 aromatic heterocycles. The number of hydrogen-bond donors (Lipinski definition) is 4. The van der Waals surface area contributed by atoms with Crippen LogP contribution in [0.5, 0.6) is 5.75 Å². The molecule has 1 spiro atoms. The Kier molecular flexibility index (Phi) is 9.10. The summed E-state index contributed by atoms with van der Waals surface area (Å²) in [7, 11) is 1.44. The Bertz CT molecular complexity index is 2180. The first-order valence-electron chi connectivity index (χ1n) is 17.3. The van der Waals surface area contributed by atoms with Crippen molar-refractivity contribution in [3.8, 4) is 17.1 Å². The third kappa shape index (κ3) is 6.29. The highest BCUT2D eigenvalue weighted by Gasteiger charge is 2.63. The lowest BCUT2D eigenvalue weighted by Gasteiger charge is -2.45. The van der Waals surface area contributed by atoms with Crippen molar-refractivity contribution in [2.24, 2.45) is 5.41 Å². The summed E-state index contributed by atoms with van der Waals surface area (Å²) in [6, 6.07) is 25.3. The summed E-state index contributed by atoms with van der Waals surface area (Å²) in [5.41, 5.74) is 4.49. The Morgan fingerprint density at radius 2 is 1.85 bits per heavy atom. The summed E-state index contributed by atoms with van der Waals surface area (Å²) in [6.07, 6.45) is 0.730. The number of aromatic carboxylic acids is 1. The zero-order chi connectivity index (χ0) is 36.9. The first-order chi connectivity index (χ1) is 25.6. The van der Waals surface area contributed by atoms with Crippen molar-refractivity contribution in [2.75, 3.05) is 37.1 Å². The summed E-state index contributed by atoms with van der Waals surface area (Å²) >= 11 is 13.9. The third-order valence-electron chi connectivity index (χ3n) is 10.9. The van der Waals surface area contributed by atoms with Gasteiger partial charge in [0.15, 0.2) is 5.82 Å². The topological polar surface area (TPSA) is 155 Å². The monoisotopic (exact) mass is 753 g/mol. The van der Waals surface area contributed by atoms with Crippen LogP contribution in [0.4, 0.5) is 11.4 Å². The summed E-state index contributed by atoms with van der Waals surface area (Å²) < 4.78 is 11.3. The molecule has 4 atom stereocenters. The maximum absolute atomic E-state index is 14.7. The molecule has 272 valence electrons. The van der Waals surface area contributed by atoms with E-state index in [-0.39, 0.29) is 28.7 Å². The van der Waals surface area contributed by atoms with Gasteiger partial charge in [-0.05, 0) is 76.0 Å². The van der Waals surface area contributed by atoms with E-state index >= 15 is 0 Å². The molecule has 2 saturated heterocycles. The Labute approximate surface area is 315 Å². The zero-order valence-electron chi connectivity index (χ0n) is 29.0. The van der Waals surface area contributed by atoms with Crippen molar-refractivity contribution >= 4 is 46.5 Å². The Hall–Kier alpha value is -5.01. The fourth-order valence-electron chi connectivity index (χ4n) is 8.45. The van der Waals surface area contributed by atoms with Crippen LogP contribution in [0, 0.1) is 5.41 Å². The van der Waals surface area contributed by atoms with Crippen molar-refractivity contribution in [3.63, 3.8) is 0 Å². The first kappa shape index (κ1) is 35.0. The van der Waals surface area contributed by atoms with Crippen molar-refractivity contribution in [1.29, 1.82) is 0 Å². The highest BCUT2D eigenvalue weighted by atomic mass is 35.5. The van der Waals surface area contributed by atoms with Crippen LogP contribution in [-0.4, -0.2) is 76.6 Å². The van der Waals surface area contributed by atoms with Gasteiger partial charge in [0.05, 0.1) is 37.6 Å². The summed E-state index contributed by atoms with van der Waals surface area (Å²) in [5.74, 6) is -1.01. The lowest BCUT2D eigenvalue weighted by molar-refractivity contribution is -0.118. The number of rotatable bonds is 10. The maximum Gasteiger partial charge on any atom is 0.335 e. The lowest BCUT2D eigenvalue weighted by atomic mass is 9.62. The number of nitrogens with one attached hydrogen (secondary N) is 3. The van der Waals surface area contributed by atoms with Gasteiger partial charge >= 0.3 is 5.97 Å². The smallest absolute Gasteiger partial charge is 0.335 e. The van der Waals surface area contributed by atoms with E-state index < -0.39 is 23.3 Å². The molecule has 3 aliphatic rings. The number of aromatic nitrogens is 4. The first-order valence-corrected chi connectivity index (χ1v) is 18.0. The maximum atomic E-state index is 14.7.